The molecular formula is C25H23CuN2O2. The first-order valence-electron chi connectivity index (χ1n) is 9.71. The van der Waals surface area contributed by atoms with Gasteiger partial charge in [-0.1, -0.05) is 67.2 Å². The fraction of sp³-hybridized carbons (Fsp3) is 0.160. The predicted octanol–water partition coefficient (Wildman–Crippen LogP) is 6.04. The van der Waals surface area contributed by atoms with E-state index in [1.54, 1.807) is 18.2 Å². The molecule has 1 aliphatic rings. The van der Waals surface area contributed by atoms with Gasteiger partial charge in [0.05, 0.1) is 0 Å². The zero-order chi connectivity index (χ0) is 20.2. The van der Waals surface area contributed by atoms with E-state index in [0.717, 1.165) is 16.9 Å². The van der Waals surface area contributed by atoms with Crippen molar-refractivity contribution in [3.05, 3.63) is 106 Å². The third-order valence-corrected chi connectivity index (χ3v) is 5.06. The van der Waals surface area contributed by atoms with Crippen LogP contribution in [0.15, 0.2) is 78.9 Å². The zero-order valence-corrected chi connectivity index (χ0v) is 17.7. The summed E-state index contributed by atoms with van der Waals surface area (Å²) in [4.78, 5) is 12.4. The van der Waals surface area contributed by atoms with E-state index >= 15 is 0 Å². The molecule has 1 N–H and O–H groups in total. The maximum atomic E-state index is 12.4. The van der Waals surface area contributed by atoms with Gasteiger partial charge >= 0.3 is 17.1 Å². The van der Waals surface area contributed by atoms with Crippen molar-refractivity contribution in [2.24, 2.45) is 0 Å². The van der Waals surface area contributed by atoms with Gasteiger partial charge in [-0.25, -0.2) is 0 Å². The van der Waals surface area contributed by atoms with E-state index in [1.807, 2.05) is 67.7 Å². The molecule has 5 heteroatoms. The van der Waals surface area contributed by atoms with Crippen molar-refractivity contribution >= 4 is 11.9 Å². The van der Waals surface area contributed by atoms with E-state index in [9.17, 15) is 4.79 Å². The first-order valence-corrected chi connectivity index (χ1v) is 9.71. The Morgan fingerprint density at radius 2 is 1.73 bits per heavy atom. The molecule has 0 aromatic heterocycles. The topological polar surface area (TPSA) is 52.4 Å². The van der Waals surface area contributed by atoms with Gasteiger partial charge in [0.2, 0.25) is 0 Å². The normalized spacial score (nSPS) is 17.4. The largest absolute Gasteiger partial charge is 1.00 e. The summed E-state index contributed by atoms with van der Waals surface area (Å²) in [6.45, 7) is 2.09. The van der Waals surface area contributed by atoms with Crippen LogP contribution in [0.25, 0.3) is 11.4 Å². The molecule has 0 saturated carbocycles. The quantitative estimate of drug-likeness (QED) is 0.285. The van der Waals surface area contributed by atoms with Crippen molar-refractivity contribution in [3.63, 3.8) is 0 Å². The maximum absolute atomic E-state index is 12.4. The number of nitrogens with zero attached hydrogens (tertiary/aromatic N) is 1. The van der Waals surface area contributed by atoms with Gasteiger partial charge in [0, 0.05) is 5.56 Å². The number of hydrogen-bond acceptors (Lipinski definition) is 3. The summed E-state index contributed by atoms with van der Waals surface area (Å²) in [6, 6.07) is 23.2. The molecule has 2 atom stereocenters. The number of carbonyl (C=O) groups excluding carboxylic acids is 1. The van der Waals surface area contributed by atoms with Crippen molar-refractivity contribution in [2.45, 2.75) is 19.1 Å². The zero-order valence-electron chi connectivity index (χ0n) is 16.8. The van der Waals surface area contributed by atoms with Crippen LogP contribution >= 0.6 is 0 Å². The number of carbonyl (C=O) groups is 1. The van der Waals surface area contributed by atoms with Crippen LogP contribution in [0.2, 0.25) is 0 Å². The minimum absolute atomic E-state index is 0. The van der Waals surface area contributed by atoms with Crippen LogP contribution < -0.4 is 10.1 Å². The summed E-state index contributed by atoms with van der Waals surface area (Å²) in [7, 11) is 1.90. The molecule has 4 nitrogen and oxygen atoms in total. The summed E-state index contributed by atoms with van der Waals surface area (Å²) < 4.78 is 6.14. The van der Waals surface area contributed by atoms with Gasteiger partial charge in [-0.2, -0.15) is 0 Å². The van der Waals surface area contributed by atoms with Gasteiger partial charge in [-0.05, 0) is 54.6 Å². The predicted molar refractivity (Wildman–Crippen MR) is 116 cm³/mol. The Morgan fingerprint density at radius 3 is 2.43 bits per heavy atom. The number of benzene rings is 3. The Labute approximate surface area is 187 Å². The summed E-state index contributed by atoms with van der Waals surface area (Å²) in [5, 5.41) is 7.95. The van der Waals surface area contributed by atoms with E-state index in [4.69, 9.17) is 10.1 Å². The first-order chi connectivity index (χ1) is 14.2. The fourth-order valence-corrected chi connectivity index (χ4v) is 3.55. The molecule has 2 unspecified atom stereocenters. The number of ether oxygens (including phenoxy) is 1. The Morgan fingerprint density at radius 1 is 1.00 bits per heavy atom. The van der Waals surface area contributed by atoms with Gasteiger partial charge in [0.1, 0.15) is 11.5 Å². The van der Waals surface area contributed by atoms with E-state index in [-0.39, 0.29) is 35.1 Å². The van der Waals surface area contributed by atoms with E-state index in [0.29, 0.717) is 11.3 Å². The molecule has 3 aromatic rings. The molecule has 0 aliphatic carbocycles. The van der Waals surface area contributed by atoms with Crippen LogP contribution in [0.4, 0.5) is 0 Å². The maximum Gasteiger partial charge on any atom is 1.00 e. The summed E-state index contributed by atoms with van der Waals surface area (Å²) in [6.07, 6.45) is 3.35. The van der Waals surface area contributed by atoms with Gasteiger partial charge in [-0.15, -0.1) is 6.04 Å². The van der Waals surface area contributed by atoms with Crippen molar-refractivity contribution in [1.29, 1.82) is 0 Å². The van der Waals surface area contributed by atoms with Crippen LogP contribution in [0.1, 0.15) is 46.2 Å². The monoisotopic (exact) mass is 446 g/mol. The minimum atomic E-state index is -0.0693. The molecule has 1 aliphatic heterocycles. The molecule has 0 amide bonds. The van der Waals surface area contributed by atoms with Gasteiger partial charge in [0.15, 0.2) is 5.78 Å². The van der Waals surface area contributed by atoms with E-state index in [1.165, 1.54) is 5.56 Å². The second-order valence-electron chi connectivity index (χ2n) is 7.01. The summed E-state index contributed by atoms with van der Waals surface area (Å²) in [5.74, 6) is 1.44. The number of allylic oxidation sites excluding steroid dienone is 1. The van der Waals surface area contributed by atoms with Gasteiger partial charge in [-0.3, -0.25) is 4.79 Å². The molecule has 0 spiro atoms. The van der Waals surface area contributed by atoms with Crippen LogP contribution in [0.5, 0.6) is 11.5 Å². The SMILES string of the molecule is CNC1[N-]C(C)c2cccc(Oc3ccc(C(=O)C=Cc4ccccc4)cc3)c21.[Cu+]. The molecule has 3 aromatic carbocycles. The molecule has 1 heterocycles. The van der Waals surface area contributed by atoms with E-state index < -0.39 is 0 Å². The molecule has 156 valence electrons. The molecule has 0 fully saturated rings. The Bertz CT molecular complexity index is 1030. The molecule has 30 heavy (non-hydrogen) atoms. The molecular weight excluding hydrogens is 424 g/mol. The Hall–Kier alpha value is -2.69. The average molecular weight is 447 g/mol. The van der Waals surface area contributed by atoms with Crippen LogP contribution in [-0.2, 0) is 17.1 Å². The number of fused-ring (bicyclic) bond motifs is 1. The average Bonchev–Trinajstić information content (AvgIpc) is 3.10. The first kappa shape index (κ1) is 22.0. The summed E-state index contributed by atoms with van der Waals surface area (Å²) in [5.41, 5.74) is 3.88. The third-order valence-electron chi connectivity index (χ3n) is 5.06. The van der Waals surface area contributed by atoms with Crippen LogP contribution in [0.3, 0.4) is 0 Å². The molecule has 0 radical (unpaired) electrons. The standard InChI is InChI=1S/C25H23N2O2.Cu/c1-17-21-9-6-10-23(24(21)25(26-2)27-17)29-20-14-12-19(13-15-20)22(28)16-11-18-7-4-3-5-8-18;/h3-17,25-26H,1-2H3;/q-1;+1. The second kappa shape index (κ2) is 9.88. The number of ketones is 1. The van der Waals surface area contributed by atoms with Crippen molar-refractivity contribution in [1.82, 2.24) is 5.32 Å². The summed E-state index contributed by atoms with van der Waals surface area (Å²) >= 11 is 0. The smallest absolute Gasteiger partial charge is 0.637 e. The van der Waals surface area contributed by atoms with Crippen molar-refractivity contribution in [3.8, 4) is 11.5 Å². The van der Waals surface area contributed by atoms with Crippen molar-refractivity contribution in [2.75, 3.05) is 7.05 Å². The fourth-order valence-electron chi connectivity index (χ4n) is 3.55. The van der Waals surface area contributed by atoms with Crippen LogP contribution in [-0.4, -0.2) is 12.8 Å². The van der Waals surface area contributed by atoms with Gasteiger partial charge in [0.25, 0.3) is 0 Å². The van der Waals surface area contributed by atoms with Crippen molar-refractivity contribution < 1.29 is 26.6 Å². The van der Waals surface area contributed by atoms with Gasteiger partial charge < -0.3 is 15.4 Å². The Balaban J connectivity index is 0.00000256. The molecule has 0 bridgehead atoms. The number of rotatable bonds is 6. The Kier molecular flexibility index (Phi) is 7.24. The van der Waals surface area contributed by atoms with E-state index in [2.05, 4.69) is 18.3 Å². The minimum Gasteiger partial charge on any atom is -0.637 e. The van der Waals surface area contributed by atoms with Crippen LogP contribution in [0, 0.1) is 0 Å². The number of hydrogen-bond donors (Lipinski definition) is 1. The third kappa shape index (κ3) is 4.72. The second-order valence-corrected chi connectivity index (χ2v) is 7.01. The number of nitrogens with one attached hydrogen (secondary N) is 1. The molecule has 4 rings (SSSR count). The molecule has 0 saturated heterocycles.